The lowest BCUT2D eigenvalue weighted by Gasteiger charge is -2.34. The van der Waals surface area contributed by atoms with Crippen LogP contribution in [-0.2, 0) is 10.3 Å². The summed E-state index contributed by atoms with van der Waals surface area (Å²) >= 11 is 0. The second kappa shape index (κ2) is 5.07. The maximum absolute atomic E-state index is 13.2. The molecule has 1 nitrogen and oxygen atoms in total. The number of halogens is 5. The van der Waals surface area contributed by atoms with Crippen LogP contribution in [0.15, 0.2) is 24.3 Å². The predicted molar refractivity (Wildman–Crippen MR) is 61.2 cm³/mol. The predicted octanol–water partition coefficient (Wildman–Crippen LogP) is 4.44. The summed E-state index contributed by atoms with van der Waals surface area (Å²) in [6, 6.07) is 6.38. The van der Waals surface area contributed by atoms with E-state index in [1.54, 1.807) is 25.1 Å². The molecule has 1 atom stereocenters. The summed E-state index contributed by atoms with van der Waals surface area (Å²) in [6.45, 7) is 2.87. The maximum Gasteiger partial charge on any atom is 0.453 e. The molecule has 0 aliphatic heterocycles. The van der Waals surface area contributed by atoms with Gasteiger partial charge in [-0.05, 0) is 25.0 Å². The molecule has 108 valence electrons. The number of benzene rings is 1. The number of methoxy groups -OCH3 is 1. The van der Waals surface area contributed by atoms with E-state index in [0.717, 1.165) is 7.11 Å². The Hall–Kier alpha value is -1.17. The van der Waals surface area contributed by atoms with Gasteiger partial charge in [0.05, 0.1) is 12.0 Å². The van der Waals surface area contributed by atoms with Crippen molar-refractivity contribution in [3.05, 3.63) is 35.4 Å². The zero-order valence-electron chi connectivity index (χ0n) is 10.8. The third-order valence-electron chi connectivity index (χ3n) is 3.14. The van der Waals surface area contributed by atoms with Crippen LogP contribution in [0.25, 0.3) is 0 Å². The average Bonchev–Trinajstić information content (AvgIpc) is 2.27. The fourth-order valence-corrected chi connectivity index (χ4v) is 1.97. The highest BCUT2D eigenvalue weighted by Gasteiger charge is 2.60. The van der Waals surface area contributed by atoms with Gasteiger partial charge in [0, 0.05) is 7.11 Å². The van der Waals surface area contributed by atoms with Crippen molar-refractivity contribution in [1.82, 2.24) is 0 Å². The quantitative estimate of drug-likeness (QED) is 0.742. The van der Waals surface area contributed by atoms with E-state index >= 15 is 0 Å². The van der Waals surface area contributed by atoms with Crippen molar-refractivity contribution in [2.75, 3.05) is 7.11 Å². The highest BCUT2D eigenvalue weighted by atomic mass is 19.4. The first-order chi connectivity index (χ1) is 8.53. The molecule has 0 N–H and O–H groups in total. The van der Waals surface area contributed by atoms with Crippen LogP contribution in [0.5, 0.6) is 0 Å². The number of rotatable bonds is 4. The first-order valence-electron chi connectivity index (χ1n) is 5.59. The second-order valence-corrected chi connectivity index (χ2v) is 4.63. The summed E-state index contributed by atoms with van der Waals surface area (Å²) < 4.78 is 68.3. The number of alkyl halides is 5. The Morgan fingerprint density at radius 1 is 1.05 bits per heavy atom. The Morgan fingerprint density at radius 3 is 2.00 bits per heavy atom. The van der Waals surface area contributed by atoms with Gasteiger partial charge in [-0.1, -0.05) is 24.3 Å². The standard InChI is InChI=1S/C13H15F5O/c1-9-6-4-5-7-10(9)11(2,19-3)8-12(14,15)13(16,17)18/h4-7H,8H2,1-3H3. The van der Waals surface area contributed by atoms with Crippen molar-refractivity contribution in [1.29, 1.82) is 0 Å². The molecule has 0 spiro atoms. The zero-order valence-corrected chi connectivity index (χ0v) is 10.8. The van der Waals surface area contributed by atoms with E-state index < -0.39 is 24.1 Å². The van der Waals surface area contributed by atoms with Gasteiger partial charge in [0.1, 0.15) is 0 Å². The minimum Gasteiger partial charge on any atom is -0.374 e. The van der Waals surface area contributed by atoms with Crippen LogP contribution in [-0.4, -0.2) is 19.2 Å². The minimum absolute atomic E-state index is 0.321. The van der Waals surface area contributed by atoms with Gasteiger partial charge in [-0.15, -0.1) is 0 Å². The third-order valence-corrected chi connectivity index (χ3v) is 3.14. The SMILES string of the molecule is COC(C)(CC(F)(F)C(F)(F)F)c1ccccc1C. The Bertz CT molecular complexity index is 441. The van der Waals surface area contributed by atoms with Gasteiger partial charge in [0.2, 0.25) is 0 Å². The van der Waals surface area contributed by atoms with Gasteiger partial charge < -0.3 is 4.74 Å². The summed E-state index contributed by atoms with van der Waals surface area (Å²) in [4.78, 5) is 0. The topological polar surface area (TPSA) is 9.23 Å². The number of aryl methyl sites for hydroxylation is 1. The van der Waals surface area contributed by atoms with Gasteiger partial charge in [-0.3, -0.25) is 0 Å². The molecule has 1 aromatic rings. The molecule has 0 fully saturated rings. The Labute approximate surface area is 108 Å². The largest absolute Gasteiger partial charge is 0.453 e. The number of hydrogen-bond acceptors (Lipinski definition) is 1. The lowest BCUT2D eigenvalue weighted by atomic mass is 9.86. The molecule has 1 aromatic carbocycles. The van der Waals surface area contributed by atoms with E-state index in [4.69, 9.17) is 4.74 Å². The van der Waals surface area contributed by atoms with Crippen molar-refractivity contribution < 1.29 is 26.7 Å². The molecule has 19 heavy (non-hydrogen) atoms. The van der Waals surface area contributed by atoms with Gasteiger partial charge in [-0.2, -0.15) is 22.0 Å². The molecule has 6 heteroatoms. The molecule has 0 saturated carbocycles. The molecule has 0 aliphatic rings. The van der Waals surface area contributed by atoms with Crippen LogP contribution in [0.3, 0.4) is 0 Å². The van der Waals surface area contributed by atoms with Crippen molar-refractivity contribution >= 4 is 0 Å². The summed E-state index contributed by atoms with van der Waals surface area (Å²) in [5.41, 5.74) is -0.782. The van der Waals surface area contributed by atoms with Crippen molar-refractivity contribution in [2.45, 2.75) is 38.0 Å². The molecular formula is C13H15F5O. The Kier molecular flexibility index (Phi) is 4.24. The second-order valence-electron chi connectivity index (χ2n) is 4.63. The highest BCUT2D eigenvalue weighted by molar-refractivity contribution is 5.31. The van der Waals surface area contributed by atoms with Crippen LogP contribution < -0.4 is 0 Å². The minimum atomic E-state index is -5.59. The van der Waals surface area contributed by atoms with Crippen LogP contribution in [0.4, 0.5) is 22.0 Å². The van der Waals surface area contributed by atoms with Crippen molar-refractivity contribution in [3.8, 4) is 0 Å². The zero-order chi connectivity index (χ0) is 14.9. The number of ether oxygens (including phenoxy) is 1. The van der Waals surface area contributed by atoms with E-state index in [-0.39, 0.29) is 0 Å². The fraction of sp³-hybridized carbons (Fsp3) is 0.538. The lowest BCUT2D eigenvalue weighted by Crippen LogP contribution is -2.43. The summed E-state index contributed by atoms with van der Waals surface area (Å²) in [6.07, 6.45) is -7.04. The van der Waals surface area contributed by atoms with E-state index in [0.29, 0.717) is 11.1 Å². The third kappa shape index (κ3) is 3.23. The first-order valence-corrected chi connectivity index (χ1v) is 5.59. The lowest BCUT2D eigenvalue weighted by molar-refractivity contribution is -0.298. The van der Waals surface area contributed by atoms with Crippen LogP contribution in [0.2, 0.25) is 0 Å². The average molecular weight is 282 g/mol. The van der Waals surface area contributed by atoms with E-state index in [1.807, 2.05) is 0 Å². The summed E-state index contributed by atoms with van der Waals surface area (Å²) in [7, 11) is 1.12. The molecular weight excluding hydrogens is 267 g/mol. The van der Waals surface area contributed by atoms with Gasteiger partial charge >= 0.3 is 12.1 Å². The Morgan fingerprint density at radius 2 is 1.58 bits per heavy atom. The van der Waals surface area contributed by atoms with Gasteiger partial charge in [-0.25, -0.2) is 0 Å². The van der Waals surface area contributed by atoms with E-state index in [1.165, 1.54) is 13.0 Å². The van der Waals surface area contributed by atoms with Crippen molar-refractivity contribution in [2.24, 2.45) is 0 Å². The van der Waals surface area contributed by atoms with Crippen LogP contribution in [0.1, 0.15) is 24.5 Å². The number of hydrogen-bond donors (Lipinski definition) is 0. The molecule has 0 radical (unpaired) electrons. The fourth-order valence-electron chi connectivity index (χ4n) is 1.97. The van der Waals surface area contributed by atoms with Gasteiger partial charge in [0.25, 0.3) is 0 Å². The molecule has 0 heterocycles. The van der Waals surface area contributed by atoms with E-state index in [2.05, 4.69) is 0 Å². The molecule has 0 aromatic heterocycles. The van der Waals surface area contributed by atoms with Crippen molar-refractivity contribution in [3.63, 3.8) is 0 Å². The molecule has 0 saturated heterocycles. The molecule has 0 amide bonds. The molecule has 1 rings (SSSR count). The molecule has 1 unspecified atom stereocenters. The van der Waals surface area contributed by atoms with E-state index in [9.17, 15) is 22.0 Å². The highest BCUT2D eigenvalue weighted by Crippen LogP contribution is 2.45. The van der Waals surface area contributed by atoms with Crippen LogP contribution in [0, 0.1) is 6.92 Å². The Balaban J connectivity index is 3.17. The molecule has 0 bridgehead atoms. The smallest absolute Gasteiger partial charge is 0.374 e. The summed E-state index contributed by atoms with van der Waals surface area (Å²) in [5, 5.41) is 0. The normalized spacial score (nSPS) is 16.2. The summed E-state index contributed by atoms with van der Waals surface area (Å²) in [5.74, 6) is -4.81. The molecule has 0 aliphatic carbocycles. The first kappa shape index (κ1) is 15.9. The van der Waals surface area contributed by atoms with Gasteiger partial charge in [0.15, 0.2) is 0 Å². The maximum atomic E-state index is 13.2. The van der Waals surface area contributed by atoms with Crippen LogP contribution >= 0.6 is 0 Å². The monoisotopic (exact) mass is 282 g/mol.